The summed E-state index contributed by atoms with van der Waals surface area (Å²) < 4.78 is 0. The van der Waals surface area contributed by atoms with Gasteiger partial charge in [0.2, 0.25) is 11.8 Å². The molecule has 0 atom stereocenters. The molecule has 2 amide bonds. The first-order chi connectivity index (χ1) is 11.5. The van der Waals surface area contributed by atoms with E-state index in [2.05, 4.69) is 10.6 Å². The van der Waals surface area contributed by atoms with Gasteiger partial charge in [-0.05, 0) is 49.2 Å². The van der Waals surface area contributed by atoms with Crippen LogP contribution in [-0.4, -0.2) is 24.1 Å². The molecule has 0 aliphatic carbocycles. The zero-order valence-corrected chi connectivity index (χ0v) is 14.6. The molecule has 2 rings (SSSR count). The van der Waals surface area contributed by atoms with E-state index < -0.39 is 0 Å². The number of carbonyl (C=O) groups excluding carboxylic acids is 2. The lowest BCUT2D eigenvalue weighted by molar-refractivity contribution is -0.116. The molecule has 5 nitrogen and oxygen atoms in total. The molecule has 126 valence electrons. The lowest BCUT2D eigenvalue weighted by Crippen LogP contribution is -2.22. The Morgan fingerprint density at radius 1 is 1.08 bits per heavy atom. The quantitative estimate of drug-likeness (QED) is 0.675. The summed E-state index contributed by atoms with van der Waals surface area (Å²) in [6, 6.07) is 13.3. The van der Waals surface area contributed by atoms with Crippen molar-refractivity contribution in [2.45, 2.75) is 18.7 Å². The van der Waals surface area contributed by atoms with Crippen molar-refractivity contribution in [3.8, 4) is 0 Å². The molecule has 0 spiro atoms. The minimum atomic E-state index is -0.373. The highest BCUT2D eigenvalue weighted by atomic mass is 32.2. The molecule has 0 aliphatic heterocycles. The van der Waals surface area contributed by atoms with Gasteiger partial charge in [-0.2, -0.15) is 0 Å². The standard InChI is InChI=1S/C18H21N3O2S/c1-12-7-8-14(9-13(12)2)21-18(23)10-20-15-5-3-4-6-16(15)24-11-17(19)22/h3-9,20H,10-11H2,1-2H3,(H2,19,22)(H,21,23). The molecule has 0 aromatic heterocycles. The van der Waals surface area contributed by atoms with E-state index in [9.17, 15) is 9.59 Å². The van der Waals surface area contributed by atoms with Gasteiger partial charge in [0.05, 0.1) is 12.3 Å². The van der Waals surface area contributed by atoms with Crippen LogP contribution in [0.2, 0.25) is 0 Å². The zero-order chi connectivity index (χ0) is 17.5. The van der Waals surface area contributed by atoms with Crippen LogP contribution >= 0.6 is 11.8 Å². The van der Waals surface area contributed by atoms with E-state index in [4.69, 9.17) is 5.73 Å². The van der Waals surface area contributed by atoms with Crippen LogP contribution in [-0.2, 0) is 9.59 Å². The fourth-order valence-corrected chi connectivity index (χ4v) is 2.86. The molecule has 0 aliphatic rings. The van der Waals surface area contributed by atoms with Crippen LogP contribution in [0.3, 0.4) is 0 Å². The molecule has 4 N–H and O–H groups in total. The van der Waals surface area contributed by atoms with Crippen LogP contribution in [0, 0.1) is 13.8 Å². The highest BCUT2D eigenvalue weighted by Gasteiger charge is 2.07. The fraction of sp³-hybridized carbons (Fsp3) is 0.222. The smallest absolute Gasteiger partial charge is 0.243 e. The van der Waals surface area contributed by atoms with Gasteiger partial charge in [0.1, 0.15) is 0 Å². The number of thioether (sulfide) groups is 1. The fourth-order valence-electron chi connectivity index (χ4n) is 2.09. The SMILES string of the molecule is Cc1ccc(NC(=O)CNc2ccccc2SCC(N)=O)cc1C. The number of nitrogens with one attached hydrogen (secondary N) is 2. The summed E-state index contributed by atoms with van der Waals surface area (Å²) in [5, 5.41) is 5.97. The normalized spacial score (nSPS) is 10.2. The summed E-state index contributed by atoms with van der Waals surface area (Å²) in [5.74, 6) is -0.302. The maximum absolute atomic E-state index is 12.1. The minimum Gasteiger partial charge on any atom is -0.375 e. The van der Waals surface area contributed by atoms with Crippen LogP contribution in [0.5, 0.6) is 0 Å². The number of aryl methyl sites for hydroxylation is 2. The van der Waals surface area contributed by atoms with E-state index in [-0.39, 0.29) is 24.1 Å². The van der Waals surface area contributed by atoms with Gasteiger partial charge in [0, 0.05) is 16.3 Å². The number of nitrogens with two attached hydrogens (primary N) is 1. The van der Waals surface area contributed by atoms with Gasteiger partial charge >= 0.3 is 0 Å². The van der Waals surface area contributed by atoms with Crippen molar-refractivity contribution in [1.82, 2.24) is 0 Å². The Labute approximate surface area is 146 Å². The zero-order valence-electron chi connectivity index (χ0n) is 13.8. The Hall–Kier alpha value is -2.47. The second-order valence-electron chi connectivity index (χ2n) is 5.45. The molecule has 0 bridgehead atoms. The van der Waals surface area contributed by atoms with Crippen LogP contribution < -0.4 is 16.4 Å². The summed E-state index contributed by atoms with van der Waals surface area (Å²) >= 11 is 1.35. The molecule has 0 saturated heterocycles. The number of amides is 2. The van der Waals surface area contributed by atoms with Crippen LogP contribution in [0.4, 0.5) is 11.4 Å². The Morgan fingerprint density at radius 2 is 1.83 bits per heavy atom. The summed E-state index contributed by atoms with van der Waals surface area (Å²) in [7, 11) is 0. The number of carbonyl (C=O) groups is 2. The number of hydrogen-bond donors (Lipinski definition) is 3. The van der Waals surface area contributed by atoms with Crippen molar-refractivity contribution in [2.75, 3.05) is 22.9 Å². The number of hydrogen-bond acceptors (Lipinski definition) is 4. The van der Waals surface area contributed by atoms with E-state index in [1.807, 2.05) is 56.3 Å². The molecule has 2 aromatic carbocycles. The predicted octanol–water partition coefficient (Wildman–Crippen LogP) is 2.93. The van der Waals surface area contributed by atoms with Crippen molar-refractivity contribution in [3.63, 3.8) is 0 Å². The number of rotatable bonds is 7. The van der Waals surface area contributed by atoms with Crippen molar-refractivity contribution in [2.24, 2.45) is 5.73 Å². The first kappa shape index (κ1) is 17.9. The predicted molar refractivity (Wildman–Crippen MR) is 99.4 cm³/mol. The van der Waals surface area contributed by atoms with Gasteiger partial charge in [-0.15, -0.1) is 11.8 Å². The lowest BCUT2D eigenvalue weighted by Gasteiger charge is -2.12. The van der Waals surface area contributed by atoms with Gasteiger partial charge in [0.15, 0.2) is 0 Å². The highest BCUT2D eigenvalue weighted by molar-refractivity contribution is 8.00. The van der Waals surface area contributed by atoms with Crippen molar-refractivity contribution in [3.05, 3.63) is 53.6 Å². The molecule has 0 heterocycles. The average Bonchev–Trinajstić information content (AvgIpc) is 2.55. The number of primary amides is 1. The topological polar surface area (TPSA) is 84.2 Å². The van der Waals surface area contributed by atoms with E-state index >= 15 is 0 Å². The lowest BCUT2D eigenvalue weighted by atomic mass is 10.1. The Morgan fingerprint density at radius 3 is 2.54 bits per heavy atom. The molecule has 0 radical (unpaired) electrons. The Kier molecular flexibility index (Phi) is 6.26. The first-order valence-corrected chi connectivity index (χ1v) is 8.55. The van der Waals surface area contributed by atoms with Gasteiger partial charge in [0.25, 0.3) is 0 Å². The first-order valence-electron chi connectivity index (χ1n) is 7.57. The third-order valence-electron chi connectivity index (χ3n) is 3.49. The maximum Gasteiger partial charge on any atom is 0.243 e. The third-order valence-corrected chi connectivity index (χ3v) is 4.58. The van der Waals surface area contributed by atoms with E-state index in [1.54, 1.807) is 0 Å². The van der Waals surface area contributed by atoms with Crippen molar-refractivity contribution >= 4 is 35.0 Å². The van der Waals surface area contributed by atoms with Crippen molar-refractivity contribution < 1.29 is 9.59 Å². The van der Waals surface area contributed by atoms with Gasteiger partial charge in [-0.25, -0.2) is 0 Å². The summed E-state index contributed by atoms with van der Waals surface area (Å²) in [6.45, 7) is 4.18. The van der Waals surface area contributed by atoms with E-state index in [0.29, 0.717) is 0 Å². The third kappa shape index (κ3) is 5.31. The van der Waals surface area contributed by atoms with E-state index in [1.165, 1.54) is 17.3 Å². The summed E-state index contributed by atoms with van der Waals surface area (Å²) in [6.07, 6.45) is 0. The number of anilines is 2. The number of benzene rings is 2. The average molecular weight is 343 g/mol. The number of para-hydroxylation sites is 1. The molecule has 2 aromatic rings. The van der Waals surface area contributed by atoms with Crippen LogP contribution in [0.15, 0.2) is 47.4 Å². The second-order valence-corrected chi connectivity index (χ2v) is 6.47. The highest BCUT2D eigenvalue weighted by Crippen LogP contribution is 2.26. The largest absolute Gasteiger partial charge is 0.375 e. The molecular weight excluding hydrogens is 322 g/mol. The van der Waals surface area contributed by atoms with Crippen LogP contribution in [0.25, 0.3) is 0 Å². The molecule has 0 unspecified atom stereocenters. The monoisotopic (exact) mass is 343 g/mol. The molecule has 6 heteroatoms. The summed E-state index contributed by atoms with van der Waals surface area (Å²) in [5.41, 5.74) is 9.08. The molecular formula is C18H21N3O2S. The maximum atomic E-state index is 12.1. The Balaban J connectivity index is 1.94. The molecule has 0 saturated carbocycles. The Bertz CT molecular complexity index is 747. The molecule has 0 fully saturated rings. The van der Waals surface area contributed by atoms with E-state index in [0.717, 1.165) is 21.8 Å². The van der Waals surface area contributed by atoms with Gasteiger partial charge in [-0.1, -0.05) is 18.2 Å². The van der Waals surface area contributed by atoms with Gasteiger partial charge in [-0.3, -0.25) is 9.59 Å². The minimum absolute atomic E-state index is 0.132. The second kappa shape index (κ2) is 8.40. The van der Waals surface area contributed by atoms with Crippen molar-refractivity contribution in [1.29, 1.82) is 0 Å². The van der Waals surface area contributed by atoms with Gasteiger partial charge < -0.3 is 16.4 Å². The summed E-state index contributed by atoms with van der Waals surface area (Å²) in [4.78, 5) is 23.9. The molecule has 24 heavy (non-hydrogen) atoms. The van der Waals surface area contributed by atoms with Crippen LogP contribution in [0.1, 0.15) is 11.1 Å².